The zero-order valence-electron chi connectivity index (χ0n) is 12.1. The van der Waals surface area contributed by atoms with Gasteiger partial charge in [0, 0.05) is 32.2 Å². The van der Waals surface area contributed by atoms with E-state index < -0.39 is 0 Å². The van der Waals surface area contributed by atoms with E-state index >= 15 is 0 Å². The van der Waals surface area contributed by atoms with Crippen LogP contribution in [0.15, 0.2) is 22.6 Å². The Balaban J connectivity index is 0.00000200. The fraction of sp³-hybridized carbons (Fsp3) is 0.385. The van der Waals surface area contributed by atoms with Crippen molar-refractivity contribution in [3.8, 4) is 0 Å². The maximum Gasteiger partial charge on any atom is 0.297 e. The lowest BCUT2D eigenvalue weighted by atomic mass is 10.2. The predicted molar refractivity (Wildman–Crippen MR) is 89.7 cm³/mol. The molecule has 0 aliphatic heterocycles. The number of fused-ring (bicyclic) bond motifs is 1. The number of halogens is 2. The van der Waals surface area contributed by atoms with Crippen LogP contribution in [0.25, 0.3) is 11.1 Å². The predicted octanol–water partition coefficient (Wildman–Crippen LogP) is 2.41. The van der Waals surface area contributed by atoms with Crippen LogP contribution in [0.3, 0.4) is 0 Å². The molecule has 0 aliphatic carbocycles. The molecule has 2 rings (SSSR count). The molecule has 21 heavy (non-hydrogen) atoms. The van der Waals surface area contributed by atoms with E-state index in [2.05, 4.69) is 10.3 Å². The number of carbonyl (C=O) groups excluding carboxylic acids is 1. The van der Waals surface area contributed by atoms with Crippen molar-refractivity contribution < 1.29 is 9.21 Å². The molecule has 0 saturated heterocycles. The lowest BCUT2D eigenvalue weighted by Crippen LogP contribution is -2.23. The molecule has 8 heteroatoms. The van der Waals surface area contributed by atoms with Gasteiger partial charge in [-0.15, -0.1) is 24.8 Å². The van der Waals surface area contributed by atoms with E-state index in [9.17, 15) is 4.79 Å². The van der Waals surface area contributed by atoms with Gasteiger partial charge < -0.3 is 20.4 Å². The van der Waals surface area contributed by atoms with Gasteiger partial charge in [-0.25, -0.2) is 0 Å². The number of nitrogens with zero attached hydrogens (tertiary/aromatic N) is 2. The number of nitrogens with two attached hydrogens (primary N) is 1. The summed E-state index contributed by atoms with van der Waals surface area (Å²) < 4.78 is 5.54. The van der Waals surface area contributed by atoms with Crippen molar-refractivity contribution in [2.45, 2.75) is 19.4 Å². The summed E-state index contributed by atoms with van der Waals surface area (Å²) in [6.07, 6.45) is 0.291. The van der Waals surface area contributed by atoms with Crippen molar-refractivity contribution >= 4 is 53.5 Å². The molecule has 2 aromatic rings. The van der Waals surface area contributed by atoms with Crippen LogP contribution < -0.4 is 16.0 Å². The Hall–Kier alpha value is -1.50. The van der Waals surface area contributed by atoms with Crippen LogP contribution in [-0.4, -0.2) is 31.0 Å². The molecule has 3 N–H and O–H groups in total. The maximum absolute atomic E-state index is 11.6. The molecule has 6 nitrogen and oxygen atoms in total. The fourth-order valence-electron chi connectivity index (χ4n) is 1.69. The van der Waals surface area contributed by atoms with Crippen LogP contribution in [0.2, 0.25) is 0 Å². The molecule has 1 amide bonds. The van der Waals surface area contributed by atoms with E-state index in [4.69, 9.17) is 10.2 Å². The van der Waals surface area contributed by atoms with Gasteiger partial charge in [-0.05, 0) is 25.1 Å². The highest BCUT2D eigenvalue weighted by Crippen LogP contribution is 2.23. The highest BCUT2D eigenvalue weighted by molar-refractivity contribution is 5.93. The van der Waals surface area contributed by atoms with Crippen molar-refractivity contribution in [3.63, 3.8) is 0 Å². The summed E-state index contributed by atoms with van der Waals surface area (Å²) in [6, 6.07) is 5.73. The summed E-state index contributed by atoms with van der Waals surface area (Å²) in [5.41, 5.74) is 7.67. The van der Waals surface area contributed by atoms with Gasteiger partial charge in [-0.2, -0.15) is 4.98 Å². The number of amides is 1. The van der Waals surface area contributed by atoms with E-state index in [1.165, 1.54) is 0 Å². The second kappa shape index (κ2) is 8.07. The van der Waals surface area contributed by atoms with Gasteiger partial charge >= 0.3 is 0 Å². The van der Waals surface area contributed by atoms with Gasteiger partial charge in [-0.3, -0.25) is 4.79 Å². The van der Waals surface area contributed by atoms with Gasteiger partial charge in [-0.1, -0.05) is 0 Å². The van der Waals surface area contributed by atoms with Gasteiger partial charge in [0.05, 0.1) is 0 Å². The molecule has 0 bridgehead atoms. The minimum atomic E-state index is -0.156. The Labute approximate surface area is 135 Å². The summed E-state index contributed by atoms with van der Waals surface area (Å²) >= 11 is 0. The molecular formula is C13H20Cl2N4O2. The number of hydrogen-bond acceptors (Lipinski definition) is 5. The largest absolute Gasteiger partial charge is 0.423 e. The Kier molecular flexibility index (Phi) is 7.49. The highest BCUT2D eigenvalue weighted by atomic mass is 35.5. The molecule has 1 aromatic heterocycles. The summed E-state index contributed by atoms with van der Waals surface area (Å²) in [5.74, 6) is -0.106. The number of hydrogen-bond donors (Lipinski definition) is 2. The van der Waals surface area contributed by atoms with E-state index in [0.717, 1.165) is 0 Å². The standard InChI is InChI=1S/C13H18N4O2.2ClH/c1-8(14)6-12(18)15-9-4-5-11-10(7-9)16-13(19-11)17(2)3;;/h4-5,7-8H,6,14H2,1-3H3,(H,15,18);2*1H. The third kappa shape index (κ3) is 5.08. The second-order valence-electron chi connectivity index (χ2n) is 4.80. The van der Waals surface area contributed by atoms with Crippen LogP contribution in [0.4, 0.5) is 11.7 Å². The molecule has 0 saturated carbocycles. The van der Waals surface area contributed by atoms with Crippen LogP contribution in [-0.2, 0) is 4.79 Å². The van der Waals surface area contributed by atoms with Crippen molar-refractivity contribution in [1.82, 2.24) is 4.98 Å². The maximum atomic E-state index is 11.6. The van der Waals surface area contributed by atoms with Crippen LogP contribution >= 0.6 is 24.8 Å². The van der Waals surface area contributed by atoms with Crippen LogP contribution in [0.1, 0.15) is 13.3 Å². The normalized spacial score (nSPS) is 11.2. The summed E-state index contributed by atoms with van der Waals surface area (Å²) in [6.45, 7) is 1.80. The average molecular weight is 335 g/mol. The van der Waals surface area contributed by atoms with Gasteiger partial charge in [0.1, 0.15) is 5.52 Å². The first-order valence-electron chi connectivity index (χ1n) is 6.09. The summed E-state index contributed by atoms with van der Waals surface area (Å²) in [4.78, 5) is 17.7. The quantitative estimate of drug-likeness (QED) is 0.896. The molecule has 1 aromatic carbocycles. The Morgan fingerprint density at radius 2 is 2.10 bits per heavy atom. The van der Waals surface area contributed by atoms with Gasteiger partial charge in [0.2, 0.25) is 5.91 Å². The number of nitrogens with one attached hydrogen (secondary N) is 1. The van der Waals surface area contributed by atoms with Crippen molar-refractivity contribution in [3.05, 3.63) is 18.2 Å². The summed E-state index contributed by atoms with van der Waals surface area (Å²) in [5, 5.41) is 2.79. The minimum Gasteiger partial charge on any atom is -0.423 e. The first-order chi connectivity index (χ1) is 8.95. The molecule has 118 valence electrons. The molecule has 1 atom stereocenters. The smallest absolute Gasteiger partial charge is 0.297 e. The Morgan fingerprint density at radius 3 is 2.67 bits per heavy atom. The lowest BCUT2D eigenvalue weighted by Gasteiger charge is -2.06. The fourth-order valence-corrected chi connectivity index (χ4v) is 1.69. The summed E-state index contributed by atoms with van der Waals surface area (Å²) in [7, 11) is 3.71. The number of aromatic nitrogens is 1. The zero-order valence-corrected chi connectivity index (χ0v) is 13.8. The van der Waals surface area contributed by atoms with Crippen molar-refractivity contribution in [2.24, 2.45) is 5.73 Å². The molecule has 0 spiro atoms. The first kappa shape index (κ1) is 19.5. The Bertz CT molecular complexity index is 599. The third-order valence-electron chi connectivity index (χ3n) is 2.55. The third-order valence-corrected chi connectivity index (χ3v) is 2.55. The number of anilines is 2. The first-order valence-corrected chi connectivity index (χ1v) is 6.09. The number of benzene rings is 1. The molecule has 1 unspecified atom stereocenters. The molecule has 0 fully saturated rings. The zero-order chi connectivity index (χ0) is 14.0. The van der Waals surface area contributed by atoms with E-state index in [0.29, 0.717) is 29.2 Å². The van der Waals surface area contributed by atoms with Crippen LogP contribution in [0.5, 0.6) is 0 Å². The topological polar surface area (TPSA) is 84.4 Å². The molecule has 0 radical (unpaired) electrons. The minimum absolute atomic E-state index is 0. The number of carbonyl (C=O) groups is 1. The van der Waals surface area contributed by atoms with Gasteiger partial charge in [0.25, 0.3) is 6.01 Å². The van der Waals surface area contributed by atoms with E-state index in [1.54, 1.807) is 30.0 Å². The highest BCUT2D eigenvalue weighted by Gasteiger charge is 2.10. The molecule has 1 heterocycles. The molecule has 0 aliphatic rings. The van der Waals surface area contributed by atoms with Crippen molar-refractivity contribution in [2.75, 3.05) is 24.3 Å². The van der Waals surface area contributed by atoms with E-state index in [-0.39, 0.29) is 36.8 Å². The number of oxazole rings is 1. The number of rotatable bonds is 4. The Morgan fingerprint density at radius 1 is 1.43 bits per heavy atom. The SMILES string of the molecule is CC(N)CC(=O)Nc1ccc2oc(N(C)C)nc2c1.Cl.Cl. The van der Waals surface area contributed by atoms with Crippen molar-refractivity contribution in [1.29, 1.82) is 0 Å². The average Bonchev–Trinajstić information content (AvgIpc) is 2.70. The second-order valence-corrected chi connectivity index (χ2v) is 4.80. The monoisotopic (exact) mass is 334 g/mol. The van der Waals surface area contributed by atoms with E-state index in [1.807, 2.05) is 14.1 Å². The van der Waals surface area contributed by atoms with Gasteiger partial charge in [0.15, 0.2) is 5.58 Å². The van der Waals surface area contributed by atoms with Crippen LogP contribution in [0, 0.1) is 0 Å². The molecular weight excluding hydrogens is 315 g/mol. The lowest BCUT2D eigenvalue weighted by molar-refractivity contribution is -0.116.